The molecule has 0 spiro atoms. The number of hydrogen-bond acceptors (Lipinski definition) is 4. The normalized spacial score (nSPS) is 11.7. The number of benzene rings is 1. The zero-order valence-electron chi connectivity index (χ0n) is 10.1. The van der Waals surface area contributed by atoms with E-state index < -0.39 is 10.0 Å². The van der Waals surface area contributed by atoms with Crippen LogP contribution >= 0.6 is 11.6 Å². The molecule has 0 aliphatic heterocycles. The summed E-state index contributed by atoms with van der Waals surface area (Å²) in [6, 6.07) is 6.35. The third-order valence-electron chi connectivity index (χ3n) is 2.20. The molecule has 5 nitrogen and oxygen atoms in total. The fourth-order valence-electron chi connectivity index (χ4n) is 1.31. The van der Waals surface area contributed by atoms with E-state index in [2.05, 4.69) is 10.0 Å². The predicted molar refractivity (Wildman–Crippen MR) is 71.4 cm³/mol. The van der Waals surface area contributed by atoms with Gasteiger partial charge in [0.1, 0.15) is 4.90 Å². The van der Waals surface area contributed by atoms with Gasteiger partial charge in [0.05, 0.1) is 11.6 Å². The summed E-state index contributed by atoms with van der Waals surface area (Å²) in [4.78, 5) is 0.101. The van der Waals surface area contributed by atoms with Crippen molar-refractivity contribution in [1.82, 2.24) is 10.0 Å². The van der Waals surface area contributed by atoms with Crippen LogP contribution in [0.15, 0.2) is 29.2 Å². The summed E-state index contributed by atoms with van der Waals surface area (Å²) in [6.45, 7) is 2.12. The molecule has 0 saturated heterocycles. The van der Waals surface area contributed by atoms with Gasteiger partial charge in [-0.3, -0.25) is 0 Å². The molecule has 0 amide bonds. The molecule has 102 valence electrons. The molecule has 0 saturated carbocycles. The Morgan fingerprint density at radius 1 is 1.22 bits per heavy atom. The number of methoxy groups -OCH3 is 1. The van der Waals surface area contributed by atoms with E-state index in [0.29, 0.717) is 26.2 Å². The lowest BCUT2D eigenvalue weighted by atomic mass is 10.4. The monoisotopic (exact) mass is 292 g/mol. The first-order chi connectivity index (χ1) is 8.58. The van der Waals surface area contributed by atoms with Gasteiger partial charge < -0.3 is 10.1 Å². The zero-order chi connectivity index (χ0) is 13.4. The van der Waals surface area contributed by atoms with E-state index in [-0.39, 0.29) is 9.92 Å². The Morgan fingerprint density at radius 2 is 1.94 bits per heavy atom. The molecule has 0 aliphatic rings. The van der Waals surface area contributed by atoms with Crippen LogP contribution in [0.4, 0.5) is 0 Å². The third kappa shape index (κ3) is 4.91. The summed E-state index contributed by atoms with van der Waals surface area (Å²) in [5.74, 6) is 0. The largest absolute Gasteiger partial charge is 0.383 e. The Kier molecular flexibility index (Phi) is 6.59. The second kappa shape index (κ2) is 7.70. The maximum absolute atomic E-state index is 11.9. The number of hydrogen-bond donors (Lipinski definition) is 2. The minimum absolute atomic E-state index is 0.101. The number of nitrogens with one attached hydrogen (secondary N) is 2. The molecule has 1 aromatic rings. The molecule has 0 radical (unpaired) electrons. The van der Waals surface area contributed by atoms with Crippen LogP contribution in [0.3, 0.4) is 0 Å². The Labute approximate surface area is 113 Å². The van der Waals surface area contributed by atoms with Gasteiger partial charge in [-0.2, -0.15) is 0 Å². The third-order valence-corrected chi connectivity index (χ3v) is 4.16. The van der Waals surface area contributed by atoms with E-state index >= 15 is 0 Å². The Balaban J connectivity index is 2.44. The maximum Gasteiger partial charge on any atom is 0.242 e. The van der Waals surface area contributed by atoms with E-state index in [1.54, 1.807) is 25.3 Å². The second-order valence-electron chi connectivity index (χ2n) is 3.57. The summed E-state index contributed by atoms with van der Waals surface area (Å²) in [5, 5.41) is 3.26. The quantitative estimate of drug-likeness (QED) is 0.697. The zero-order valence-corrected chi connectivity index (χ0v) is 11.7. The summed E-state index contributed by atoms with van der Waals surface area (Å²) >= 11 is 5.84. The standard InChI is InChI=1S/C11H17ClN2O3S/c1-17-9-8-13-6-7-14-18(15,16)11-5-3-2-4-10(11)12/h2-5,13-14H,6-9H2,1H3. The Morgan fingerprint density at radius 3 is 2.61 bits per heavy atom. The number of ether oxygens (including phenoxy) is 1. The van der Waals surface area contributed by atoms with Crippen LogP contribution < -0.4 is 10.0 Å². The van der Waals surface area contributed by atoms with Crippen LogP contribution in [0.5, 0.6) is 0 Å². The molecule has 0 aromatic heterocycles. The first-order valence-corrected chi connectivity index (χ1v) is 7.38. The number of rotatable bonds is 8. The molecule has 18 heavy (non-hydrogen) atoms. The topological polar surface area (TPSA) is 67.4 Å². The van der Waals surface area contributed by atoms with E-state index in [0.717, 1.165) is 0 Å². The van der Waals surface area contributed by atoms with Gasteiger partial charge in [0.15, 0.2) is 0 Å². The highest BCUT2D eigenvalue weighted by molar-refractivity contribution is 7.89. The van der Waals surface area contributed by atoms with E-state index in [1.165, 1.54) is 6.07 Å². The molecule has 0 atom stereocenters. The minimum atomic E-state index is -3.54. The van der Waals surface area contributed by atoms with Crippen molar-refractivity contribution in [2.45, 2.75) is 4.90 Å². The SMILES string of the molecule is COCCNCCNS(=O)(=O)c1ccccc1Cl. The van der Waals surface area contributed by atoms with Crippen molar-refractivity contribution in [1.29, 1.82) is 0 Å². The van der Waals surface area contributed by atoms with Crippen LogP contribution in [-0.4, -0.2) is 41.8 Å². The van der Waals surface area contributed by atoms with Gasteiger partial charge in [-0.05, 0) is 12.1 Å². The summed E-state index contributed by atoms with van der Waals surface area (Å²) in [6.07, 6.45) is 0. The van der Waals surface area contributed by atoms with Gasteiger partial charge in [0.2, 0.25) is 10.0 Å². The molecule has 0 heterocycles. The van der Waals surface area contributed by atoms with Crippen molar-refractivity contribution in [3.63, 3.8) is 0 Å². The Hall–Kier alpha value is -0.660. The summed E-state index contributed by atoms with van der Waals surface area (Å²) in [5.41, 5.74) is 0. The van der Waals surface area contributed by atoms with Gasteiger partial charge in [-0.25, -0.2) is 13.1 Å². The van der Waals surface area contributed by atoms with Crippen molar-refractivity contribution in [2.24, 2.45) is 0 Å². The molecule has 7 heteroatoms. The maximum atomic E-state index is 11.9. The highest BCUT2D eigenvalue weighted by Crippen LogP contribution is 2.19. The van der Waals surface area contributed by atoms with Gasteiger partial charge >= 0.3 is 0 Å². The van der Waals surface area contributed by atoms with Crippen LogP contribution in [-0.2, 0) is 14.8 Å². The first kappa shape index (κ1) is 15.4. The molecular weight excluding hydrogens is 276 g/mol. The van der Waals surface area contributed by atoms with Crippen molar-refractivity contribution in [3.8, 4) is 0 Å². The number of halogens is 1. The lowest BCUT2D eigenvalue weighted by molar-refractivity contribution is 0.199. The minimum Gasteiger partial charge on any atom is -0.383 e. The molecule has 0 fully saturated rings. The van der Waals surface area contributed by atoms with Crippen molar-refractivity contribution in [3.05, 3.63) is 29.3 Å². The molecule has 1 rings (SSSR count). The van der Waals surface area contributed by atoms with Gasteiger partial charge in [-0.15, -0.1) is 0 Å². The van der Waals surface area contributed by atoms with Crippen LogP contribution in [0.25, 0.3) is 0 Å². The van der Waals surface area contributed by atoms with Crippen LogP contribution in [0.2, 0.25) is 5.02 Å². The van der Waals surface area contributed by atoms with Crippen molar-refractivity contribution >= 4 is 21.6 Å². The molecule has 0 unspecified atom stereocenters. The fraction of sp³-hybridized carbons (Fsp3) is 0.455. The fourth-order valence-corrected chi connectivity index (χ4v) is 2.86. The van der Waals surface area contributed by atoms with Crippen molar-refractivity contribution < 1.29 is 13.2 Å². The molecule has 0 aliphatic carbocycles. The molecule has 0 bridgehead atoms. The lowest BCUT2D eigenvalue weighted by Crippen LogP contribution is -2.33. The second-order valence-corrected chi connectivity index (χ2v) is 5.71. The molecular formula is C11H17ClN2O3S. The van der Waals surface area contributed by atoms with Gasteiger partial charge in [0, 0.05) is 26.7 Å². The smallest absolute Gasteiger partial charge is 0.242 e. The van der Waals surface area contributed by atoms with E-state index in [4.69, 9.17) is 16.3 Å². The van der Waals surface area contributed by atoms with Crippen molar-refractivity contribution in [2.75, 3.05) is 33.4 Å². The molecule has 1 aromatic carbocycles. The van der Waals surface area contributed by atoms with E-state index in [1.807, 2.05) is 0 Å². The lowest BCUT2D eigenvalue weighted by Gasteiger charge is -2.08. The summed E-state index contributed by atoms with van der Waals surface area (Å²) in [7, 11) is -1.92. The van der Waals surface area contributed by atoms with Crippen LogP contribution in [0.1, 0.15) is 0 Å². The first-order valence-electron chi connectivity index (χ1n) is 5.52. The highest BCUT2D eigenvalue weighted by atomic mass is 35.5. The Bertz CT molecular complexity index is 465. The summed E-state index contributed by atoms with van der Waals surface area (Å²) < 4.78 is 31.1. The highest BCUT2D eigenvalue weighted by Gasteiger charge is 2.16. The van der Waals surface area contributed by atoms with Gasteiger partial charge in [-0.1, -0.05) is 23.7 Å². The van der Waals surface area contributed by atoms with Crippen LogP contribution in [0, 0.1) is 0 Å². The van der Waals surface area contributed by atoms with Gasteiger partial charge in [0.25, 0.3) is 0 Å². The van der Waals surface area contributed by atoms with E-state index in [9.17, 15) is 8.42 Å². The number of sulfonamides is 1. The average Bonchev–Trinajstić information content (AvgIpc) is 2.34. The molecule has 2 N–H and O–H groups in total. The predicted octanol–water partition coefficient (Wildman–Crippen LogP) is 0.854. The average molecular weight is 293 g/mol.